The molecule has 10 nitrogen and oxygen atoms in total. The molecule has 0 bridgehead atoms. The summed E-state index contributed by atoms with van der Waals surface area (Å²) in [6.07, 6.45) is 1.31. The third-order valence-electron chi connectivity index (χ3n) is 9.02. The molecule has 51 heavy (non-hydrogen) atoms. The Morgan fingerprint density at radius 1 is 0.725 bits per heavy atom. The molecule has 0 spiro atoms. The van der Waals surface area contributed by atoms with E-state index in [9.17, 15) is 19.2 Å². The highest BCUT2D eigenvalue weighted by Crippen LogP contribution is 2.46. The number of hydrogen-bond acceptors (Lipinski definition) is 7. The predicted octanol–water partition coefficient (Wildman–Crippen LogP) is 6.67. The van der Waals surface area contributed by atoms with Crippen LogP contribution in [0.1, 0.15) is 43.5 Å². The molecular weight excluding hydrogens is 646 g/mol. The summed E-state index contributed by atoms with van der Waals surface area (Å²) in [5, 5.41) is 0. The minimum Gasteiger partial charge on any atom is -0.497 e. The summed E-state index contributed by atoms with van der Waals surface area (Å²) in [5.41, 5.74) is 2.05. The highest BCUT2D eigenvalue weighted by Gasteiger charge is 2.62. The van der Waals surface area contributed by atoms with Crippen LogP contribution in [-0.4, -0.2) is 59.0 Å². The van der Waals surface area contributed by atoms with Gasteiger partial charge in [-0.1, -0.05) is 118 Å². The van der Waals surface area contributed by atoms with Crippen molar-refractivity contribution in [3.05, 3.63) is 144 Å². The van der Waals surface area contributed by atoms with Crippen LogP contribution >= 0.6 is 0 Å². The number of β-lactam (4-membered cyclic amide) rings is 1. The Kier molecular flexibility index (Phi) is 10.2. The Labute approximate surface area is 297 Å². The SMILES string of the molecule is COc1ccc(N2C(=O)C(N3C(=O)C(c4ccccc4)N(C(=O)OCc4ccccc4)C3C(C)(C)C)C2C=CC(=O)OCc2ccccc2)cc1. The van der Waals surface area contributed by atoms with Crippen LogP contribution in [0.3, 0.4) is 0 Å². The number of rotatable bonds is 10. The molecular formula is C41H41N3O7. The highest BCUT2D eigenvalue weighted by atomic mass is 16.6. The molecule has 262 valence electrons. The van der Waals surface area contributed by atoms with Crippen LogP contribution in [0.5, 0.6) is 5.75 Å². The summed E-state index contributed by atoms with van der Waals surface area (Å²) in [5.74, 6) is -0.769. The molecule has 0 N–H and O–H groups in total. The van der Waals surface area contributed by atoms with Gasteiger partial charge in [-0.25, -0.2) is 9.59 Å². The summed E-state index contributed by atoms with van der Waals surface area (Å²) < 4.78 is 16.7. The third-order valence-corrected chi connectivity index (χ3v) is 9.02. The van der Waals surface area contributed by atoms with E-state index >= 15 is 0 Å². The monoisotopic (exact) mass is 687 g/mol. The van der Waals surface area contributed by atoms with Crippen LogP contribution in [0.25, 0.3) is 0 Å². The van der Waals surface area contributed by atoms with Crippen LogP contribution in [-0.2, 0) is 37.1 Å². The zero-order valence-electron chi connectivity index (χ0n) is 29.0. The molecule has 4 unspecified atom stereocenters. The maximum atomic E-state index is 14.8. The smallest absolute Gasteiger partial charge is 0.412 e. The van der Waals surface area contributed by atoms with Crippen LogP contribution in [0, 0.1) is 5.41 Å². The second-order valence-electron chi connectivity index (χ2n) is 13.5. The molecule has 0 aliphatic carbocycles. The average molecular weight is 688 g/mol. The maximum Gasteiger partial charge on any atom is 0.412 e. The minimum atomic E-state index is -1.05. The van der Waals surface area contributed by atoms with Crippen LogP contribution in [0.2, 0.25) is 0 Å². The minimum absolute atomic E-state index is 0.00674. The van der Waals surface area contributed by atoms with E-state index in [4.69, 9.17) is 14.2 Å². The van der Waals surface area contributed by atoms with Crippen molar-refractivity contribution in [2.45, 2.75) is 58.3 Å². The lowest BCUT2D eigenvalue weighted by atomic mass is 9.86. The number of esters is 1. The fourth-order valence-electron chi connectivity index (χ4n) is 6.68. The van der Waals surface area contributed by atoms with Crippen molar-refractivity contribution < 1.29 is 33.4 Å². The molecule has 0 radical (unpaired) electrons. The second-order valence-corrected chi connectivity index (χ2v) is 13.5. The molecule has 10 heteroatoms. The van der Waals surface area contributed by atoms with Gasteiger partial charge in [-0.15, -0.1) is 0 Å². The number of nitrogens with zero attached hydrogens (tertiary/aromatic N) is 3. The summed E-state index contributed by atoms with van der Waals surface area (Å²) >= 11 is 0. The van der Waals surface area contributed by atoms with Gasteiger partial charge in [-0.2, -0.15) is 0 Å². The summed E-state index contributed by atoms with van der Waals surface area (Å²) in [6.45, 7) is 5.83. The van der Waals surface area contributed by atoms with E-state index in [0.29, 0.717) is 17.0 Å². The second kappa shape index (κ2) is 14.9. The fraction of sp³-hybridized carbons (Fsp3) is 0.268. The standard InChI is InChI=1S/C41H41N3O7/c1-41(2,3)39-43(37(46)35(30-18-12-7-13-19-30)44(39)40(48)51-27-29-16-10-6-11-17-29)36-33(24-25-34(45)50-26-28-14-8-5-9-15-28)42(38(36)47)31-20-22-32(49-4)23-21-31/h5-25,33,35-36,39H,26-27H2,1-4H3. The van der Waals surface area contributed by atoms with Crippen molar-refractivity contribution in [1.82, 2.24) is 9.80 Å². The van der Waals surface area contributed by atoms with Gasteiger partial charge in [0.1, 0.15) is 37.2 Å². The third kappa shape index (κ3) is 7.35. The molecule has 6 rings (SSSR count). The largest absolute Gasteiger partial charge is 0.497 e. The van der Waals surface area contributed by atoms with Crippen molar-refractivity contribution in [2.24, 2.45) is 5.41 Å². The average Bonchev–Trinajstić information content (AvgIpc) is 3.45. The van der Waals surface area contributed by atoms with Gasteiger partial charge in [0.05, 0.1) is 13.2 Å². The van der Waals surface area contributed by atoms with E-state index < -0.39 is 47.7 Å². The Morgan fingerprint density at radius 3 is 1.82 bits per heavy atom. The number of ether oxygens (including phenoxy) is 3. The number of amides is 3. The van der Waals surface area contributed by atoms with Gasteiger partial charge in [0.25, 0.3) is 11.8 Å². The molecule has 0 saturated carbocycles. The Bertz CT molecular complexity index is 1880. The maximum absolute atomic E-state index is 14.8. The fourth-order valence-corrected chi connectivity index (χ4v) is 6.68. The van der Waals surface area contributed by atoms with Gasteiger partial charge >= 0.3 is 12.1 Å². The summed E-state index contributed by atoms with van der Waals surface area (Å²) in [7, 11) is 1.55. The molecule has 2 heterocycles. The number of methoxy groups -OCH3 is 1. The number of anilines is 1. The van der Waals surface area contributed by atoms with E-state index in [1.54, 1.807) is 61.7 Å². The molecule has 2 aliphatic heterocycles. The molecule has 4 aromatic carbocycles. The lowest BCUT2D eigenvalue weighted by molar-refractivity contribution is -0.146. The van der Waals surface area contributed by atoms with Crippen LogP contribution in [0.4, 0.5) is 10.5 Å². The first-order valence-corrected chi connectivity index (χ1v) is 16.8. The van der Waals surface area contributed by atoms with Crippen LogP contribution in [0.15, 0.2) is 127 Å². The van der Waals surface area contributed by atoms with E-state index in [1.807, 2.05) is 87.5 Å². The zero-order chi connectivity index (χ0) is 36.1. The molecule has 2 aliphatic rings. The van der Waals surface area contributed by atoms with Gasteiger partial charge in [-0.05, 0) is 41.0 Å². The molecule has 4 atom stereocenters. The number of carbonyl (C=O) groups is 4. The quantitative estimate of drug-likeness (QED) is 0.104. The number of hydrogen-bond donors (Lipinski definition) is 0. The van der Waals surface area contributed by atoms with Crippen molar-refractivity contribution >= 4 is 29.6 Å². The van der Waals surface area contributed by atoms with E-state index in [1.165, 1.54) is 20.8 Å². The van der Waals surface area contributed by atoms with Gasteiger partial charge < -0.3 is 24.0 Å². The summed E-state index contributed by atoms with van der Waals surface area (Å²) in [6, 6.07) is 31.7. The summed E-state index contributed by atoms with van der Waals surface area (Å²) in [4.78, 5) is 60.7. The van der Waals surface area contributed by atoms with Gasteiger partial charge in [-0.3, -0.25) is 14.5 Å². The Morgan fingerprint density at radius 2 is 1.27 bits per heavy atom. The first kappa shape index (κ1) is 34.9. The predicted molar refractivity (Wildman–Crippen MR) is 191 cm³/mol. The number of carbonyl (C=O) groups excluding carboxylic acids is 4. The Balaban J connectivity index is 1.37. The molecule has 3 amide bonds. The van der Waals surface area contributed by atoms with Gasteiger partial charge in [0, 0.05) is 17.2 Å². The Hall–Kier alpha value is -5.90. The molecule has 4 aromatic rings. The van der Waals surface area contributed by atoms with E-state index in [2.05, 4.69) is 0 Å². The van der Waals surface area contributed by atoms with Crippen molar-refractivity contribution in [3.63, 3.8) is 0 Å². The van der Waals surface area contributed by atoms with E-state index in [0.717, 1.165) is 11.1 Å². The lowest BCUT2D eigenvalue weighted by Gasteiger charge is -2.52. The van der Waals surface area contributed by atoms with Crippen molar-refractivity contribution in [1.29, 1.82) is 0 Å². The highest BCUT2D eigenvalue weighted by molar-refractivity contribution is 6.09. The van der Waals surface area contributed by atoms with Gasteiger partial charge in [0.15, 0.2) is 0 Å². The van der Waals surface area contributed by atoms with Crippen molar-refractivity contribution in [2.75, 3.05) is 12.0 Å². The zero-order valence-corrected chi connectivity index (χ0v) is 29.0. The van der Waals surface area contributed by atoms with Crippen molar-refractivity contribution in [3.8, 4) is 5.75 Å². The van der Waals surface area contributed by atoms with Gasteiger partial charge in [0.2, 0.25) is 0 Å². The van der Waals surface area contributed by atoms with Crippen LogP contribution < -0.4 is 9.64 Å². The normalized spacial score (nSPS) is 20.4. The number of benzene rings is 4. The first-order chi connectivity index (χ1) is 24.6. The molecule has 2 saturated heterocycles. The van der Waals surface area contributed by atoms with E-state index in [-0.39, 0.29) is 19.1 Å². The first-order valence-electron chi connectivity index (χ1n) is 16.8. The lowest BCUT2D eigenvalue weighted by Crippen LogP contribution is -2.73. The topological polar surface area (TPSA) is 106 Å². The molecule has 2 fully saturated rings. The molecule has 0 aromatic heterocycles.